The molecule has 502 valence electrons. The molecule has 10 rings (SSSR count). The Bertz CT molecular complexity index is 3700. The average molecular weight is 1340 g/mol. The number of thioether (sulfide) groups is 1. The number of imide groups is 1. The molecule has 0 aliphatic carbocycles. The zero-order chi connectivity index (χ0) is 68.0. The molecule has 6 aromatic carbocycles. The minimum atomic E-state index is -2.15. The van der Waals surface area contributed by atoms with E-state index >= 15 is 9.59 Å². The summed E-state index contributed by atoms with van der Waals surface area (Å²) < 4.78 is 88.8. The van der Waals surface area contributed by atoms with Gasteiger partial charge in [0.15, 0.2) is 49.2 Å². The van der Waals surface area contributed by atoms with Gasteiger partial charge in [-0.2, -0.15) is 0 Å². The van der Waals surface area contributed by atoms with Gasteiger partial charge in [0.1, 0.15) is 55.2 Å². The van der Waals surface area contributed by atoms with Gasteiger partial charge in [-0.1, -0.05) is 127 Å². The third kappa shape index (κ3) is 17.0. The van der Waals surface area contributed by atoms with Crippen LogP contribution in [0.1, 0.15) is 92.0 Å². The Balaban J connectivity index is 1.13. The molecule has 0 spiro atoms. The highest BCUT2D eigenvalue weighted by Gasteiger charge is 2.62. The minimum Gasteiger partial charge on any atom is -0.463 e. The van der Waals surface area contributed by atoms with Crippen LogP contribution in [-0.4, -0.2) is 175 Å². The van der Waals surface area contributed by atoms with Crippen LogP contribution in [-0.2, 0) is 96.9 Å². The predicted octanol–water partition coefficient (Wildman–Crippen LogP) is 7.20. The second-order valence-electron chi connectivity index (χ2n) is 22.3. The summed E-state index contributed by atoms with van der Waals surface area (Å²) in [6, 6.07) is 44.4. The highest BCUT2D eigenvalue weighted by atomic mass is 32.2. The summed E-state index contributed by atoms with van der Waals surface area (Å²) in [6.45, 7) is 3.20. The first-order chi connectivity index (χ1) is 46.3. The van der Waals surface area contributed by atoms with Gasteiger partial charge in [-0.25, -0.2) is 14.4 Å². The SMILES string of the molecule is CC(=O)OC[C@H]1O[C@@H](Sc2ccccc2)[C@H](OC(C)=O)[C@@H](OC(C)=O)[C@@H]1O[C@@H]1O[C@H](COC(=O)c2ccccc2)[C@H](O[C@@H]2O[C@H](COCc3ccccc3)[C@H](OC(=O)c3ccccc3)[C@H](OC(=O)c3ccccc3)[C@H]2N2C(=O)c3ccccc3C2=O)[C@H](OC(C)=O)[C@H]1OC(C)=O. The molecule has 4 aliphatic rings. The van der Waals surface area contributed by atoms with Crippen molar-refractivity contribution in [2.75, 3.05) is 19.8 Å². The van der Waals surface area contributed by atoms with E-state index in [2.05, 4.69) is 0 Å². The molecule has 0 aromatic heterocycles. The van der Waals surface area contributed by atoms with Crippen LogP contribution in [0, 0.1) is 0 Å². The van der Waals surface area contributed by atoms with Gasteiger partial charge >= 0.3 is 47.8 Å². The van der Waals surface area contributed by atoms with E-state index in [4.69, 9.17) is 66.3 Å². The maximum absolute atomic E-state index is 15.2. The topological polar surface area (TPSA) is 303 Å². The lowest BCUT2D eigenvalue weighted by Gasteiger charge is -2.51. The lowest BCUT2D eigenvalue weighted by molar-refractivity contribution is -0.366. The van der Waals surface area contributed by atoms with Crippen LogP contribution in [0.5, 0.6) is 0 Å². The van der Waals surface area contributed by atoms with E-state index in [1.165, 1.54) is 60.7 Å². The van der Waals surface area contributed by atoms with Crippen molar-refractivity contribution in [3.05, 3.63) is 209 Å². The number of carbonyl (C=O) groups is 10. The number of rotatable bonds is 24. The molecule has 96 heavy (non-hydrogen) atoms. The summed E-state index contributed by atoms with van der Waals surface area (Å²) in [6.07, 6.45) is -23.9. The number of nitrogens with zero attached hydrogens (tertiary/aromatic N) is 1. The van der Waals surface area contributed by atoms with Crippen LogP contribution in [0.15, 0.2) is 181 Å². The lowest BCUT2D eigenvalue weighted by Crippen LogP contribution is -2.70. The molecule has 0 bridgehead atoms. The molecular formula is C70H67NO24S. The predicted molar refractivity (Wildman–Crippen MR) is 332 cm³/mol. The van der Waals surface area contributed by atoms with E-state index < -0.39 is 171 Å². The molecule has 4 heterocycles. The van der Waals surface area contributed by atoms with Crippen LogP contribution >= 0.6 is 11.8 Å². The Labute approximate surface area is 554 Å². The van der Waals surface area contributed by atoms with Gasteiger partial charge in [0.05, 0.1) is 41.0 Å². The van der Waals surface area contributed by atoms with Gasteiger partial charge in [-0.15, -0.1) is 0 Å². The molecule has 3 fully saturated rings. The second-order valence-corrected chi connectivity index (χ2v) is 23.5. The Kier molecular flexibility index (Phi) is 23.2. The van der Waals surface area contributed by atoms with Crippen LogP contribution < -0.4 is 0 Å². The summed E-state index contributed by atoms with van der Waals surface area (Å²) in [5.41, 5.74) is -0.702. The van der Waals surface area contributed by atoms with Gasteiger partial charge in [-0.3, -0.25) is 38.5 Å². The van der Waals surface area contributed by atoms with Crippen molar-refractivity contribution in [3.63, 3.8) is 0 Å². The zero-order valence-electron chi connectivity index (χ0n) is 52.4. The first-order valence-electron chi connectivity index (χ1n) is 30.5. The summed E-state index contributed by atoms with van der Waals surface area (Å²) in [5.74, 6) is -9.56. The molecule has 26 heteroatoms. The third-order valence-electron chi connectivity index (χ3n) is 15.4. The number of hydrogen-bond acceptors (Lipinski definition) is 25. The summed E-state index contributed by atoms with van der Waals surface area (Å²) in [4.78, 5) is 142. The van der Waals surface area contributed by atoms with Crippen molar-refractivity contribution in [1.29, 1.82) is 0 Å². The maximum Gasteiger partial charge on any atom is 0.338 e. The standard InChI is InChI=1S/C70H67NO24S/c1-39(72)83-37-53-57(60(86-41(3)74)62(88-43(5)76)70(91-53)96-48-31-19-10-20-32-48)95-69-61(87-42(4)75)59(85-40(2)73)56(52(90-69)38-84-65(79)45-25-13-7-14-26-45)94-68-54(71-63(77)49-33-21-22-34-50(49)64(71)78)58(93-67(81)47-29-17-9-18-30-47)55(92-66(80)46-27-15-8-16-28-46)51(89-68)36-82-35-44-23-11-6-12-24-44/h6-34,51-62,68-70H,35-38H2,1-5H3/t51-,52-,53-,54-,55+,56+,57-,58-,59+,60+,61-,62-,68+,69+,70+/m1/s1. The monoisotopic (exact) mass is 1340 g/mol. The second kappa shape index (κ2) is 32.2. The fourth-order valence-corrected chi connectivity index (χ4v) is 12.5. The molecule has 0 saturated carbocycles. The molecule has 25 nitrogen and oxygen atoms in total. The Morgan fingerprint density at radius 2 is 0.792 bits per heavy atom. The highest BCUT2D eigenvalue weighted by Crippen LogP contribution is 2.43. The van der Waals surface area contributed by atoms with Crippen LogP contribution in [0.3, 0.4) is 0 Å². The minimum absolute atomic E-state index is 0.0273. The molecule has 15 atom stereocenters. The number of amides is 2. The van der Waals surface area contributed by atoms with Gasteiger partial charge in [0.2, 0.25) is 0 Å². The quantitative estimate of drug-likeness (QED) is 0.0328. The maximum atomic E-state index is 15.2. The van der Waals surface area contributed by atoms with Gasteiger partial charge in [0, 0.05) is 39.5 Å². The van der Waals surface area contributed by atoms with Crippen LogP contribution in [0.4, 0.5) is 0 Å². The molecule has 0 radical (unpaired) electrons. The van der Waals surface area contributed by atoms with Crippen molar-refractivity contribution in [2.24, 2.45) is 0 Å². The largest absolute Gasteiger partial charge is 0.463 e. The van der Waals surface area contributed by atoms with E-state index in [0.717, 1.165) is 51.3 Å². The summed E-state index contributed by atoms with van der Waals surface area (Å²) in [5, 5.41) is 0. The molecule has 0 unspecified atom stereocenters. The van der Waals surface area contributed by atoms with Crippen molar-refractivity contribution < 1.29 is 114 Å². The fourth-order valence-electron chi connectivity index (χ4n) is 11.4. The molecule has 2 amide bonds. The van der Waals surface area contributed by atoms with Gasteiger partial charge < -0.3 is 66.3 Å². The normalized spacial score (nSPS) is 26.0. The van der Waals surface area contributed by atoms with Crippen LogP contribution in [0.25, 0.3) is 0 Å². The Morgan fingerprint density at radius 1 is 0.385 bits per heavy atom. The van der Waals surface area contributed by atoms with E-state index in [-0.39, 0.29) is 34.4 Å². The number of ether oxygens (including phenoxy) is 14. The van der Waals surface area contributed by atoms with E-state index in [1.807, 2.05) is 0 Å². The van der Waals surface area contributed by atoms with E-state index in [1.54, 1.807) is 115 Å². The van der Waals surface area contributed by atoms with Crippen molar-refractivity contribution >= 4 is 71.3 Å². The van der Waals surface area contributed by atoms with Crippen molar-refractivity contribution in [2.45, 2.75) is 137 Å². The molecular weight excluding hydrogens is 1270 g/mol. The molecule has 0 N–H and O–H groups in total. The fraction of sp³-hybridized carbons (Fsp3) is 0.343. The average Bonchev–Trinajstić information content (AvgIpc) is 1.37. The third-order valence-corrected chi connectivity index (χ3v) is 16.6. The molecule has 4 aliphatic heterocycles. The first kappa shape index (κ1) is 69.2. The summed E-state index contributed by atoms with van der Waals surface area (Å²) in [7, 11) is 0. The highest BCUT2D eigenvalue weighted by molar-refractivity contribution is 7.99. The number of carbonyl (C=O) groups excluding carboxylic acids is 10. The smallest absolute Gasteiger partial charge is 0.338 e. The number of benzene rings is 6. The van der Waals surface area contributed by atoms with Gasteiger partial charge in [0.25, 0.3) is 11.8 Å². The number of esters is 8. The van der Waals surface area contributed by atoms with E-state index in [9.17, 15) is 38.4 Å². The molecule has 6 aromatic rings. The number of hydrogen-bond donors (Lipinski definition) is 0. The van der Waals surface area contributed by atoms with Gasteiger partial charge in [-0.05, 0) is 66.2 Å². The van der Waals surface area contributed by atoms with E-state index in [0.29, 0.717) is 10.5 Å². The van der Waals surface area contributed by atoms with Crippen molar-refractivity contribution in [1.82, 2.24) is 4.90 Å². The number of fused-ring (bicyclic) bond motifs is 1. The summed E-state index contributed by atoms with van der Waals surface area (Å²) >= 11 is 1.06. The molecule has 3 saturated heterocycles. The van der Waals surface area contributed by atoms with Crippen molar-refractivity contribution in [3.8, 4) is 0 Å². The lowest BCUT2D eigenvalue weighted by atomic mass is 9.93. The first-order valence-corrected chi connectivity index (χ1v) is 31.3. The Hall–Kier alpha value is -9.67. The zero-order valence-corrected chi connectivity index (χ0v) is 53.2. The Morgan fingerprint density at radius 3 is 1.31 bits per heavy atom. The van der Waals surface area contributed by atoms with Crippen LogP contribution in [0.2, 0.25) is 0 Å².